The van der Waals surface area contributed by atoms with Crippen LogP contribution >= 0.6 is 0 Å². The summed E-state index contributed by atoms with van der Waals surface area (Å²) in [5.74, 6) is 2.01. The van der Waals surface area contributed by atoms with E-state index in [4.69, 9.17) is 4.74 Å². The Morgan fingerprint density at radius 2 is 1.21 bits per heavy atom. The van der Waals surface area contributed by atoms with E-state index in [1.54, 1.807) is 0 Å². The van der Waals surface area contributed by atoms with Gasteiger partial charge in [-0.3, -0.25) is 0 Å². The lowest BCUT2D eigenvalue weighted by molar-refractivity contribution is 0.0968. The molecule has 0 spiro atoms. The minimum absolute atomic E-state index is 1.00. The molecule has 1 heterocycles. The van der Waals surface area contributed by atoms with E-state index in [9.17, 15) is 0 Å². The van der Waals surface area contributed by atoms with Gasteiger partial charge in [-0.25, -0.2) is 0 Å². The topological polar surface area (TPSA) is 9.23 Å². The van der Waals surface area contributed by atoms with Crippen LogP contribution in [0.1, 0.15) is 58.8 Å². The van der Waals surface area contributed by atoms with Gasteiger partial charge in [-0.05, 0) is 31.1 Å². The highest BCUT2D eigenvalue weighted by molar-refractivity contribution is 4.67. The molecule has 0 amide bonds. The molecular formula is C13H26O. The van der Waals surface area contributed by atoms with Gasteiger partial charge in [0.15, 0.2) is 0 Å². The molecule has 2 atom stereocenters. The van der Waals surface area contributed by atoms with Gasteiger partial charge >= 0.3 is 0 Å². The van der Waals surface area contributed by atoms with Crippen LogP contribution in [0, 0.1) is 11.8 Å². The van der Waals surface area contributed by atoms with Crippen LogP contribution in [0.2, 0.25) is 0 Å². The molecule has 0 aromatic heterocycles. The van der Waals surface area contributed by atoms with E-state index in [1.165, 1.54) is 44.9 Å². The summed E-state index contributed by atoms with van der Waals surface area (Å²) in [4.78, 5) is 0. The van der Waals surface area contributed by atoms with Crippen LogP contribution in [-0.4, -0.2) is 13.2 Å². The molecule has 0 bridgehead atoms. The number of rotatable bonds is 0. The maximum atomic E-state index is 5.07. The molecule has 1 saturated heterocycles. The van der Waals surface area contributed by atoms with Crippen molar-refractivity contribution in [1.29, 1.82) is 0 Å². The number of hydrogen-bond acceptors (Lipinski definition) is 1. The molecule has 0 radical (unpaired) electrons. The lowest BCUT2D eigenvalue weighted by Crippen LogP contribution is -2.12. The Morgan fingerprint density at radius 3 is 1.43 bits per heavy atom. The summed E-state index contributed by atoms with van der Waals surface area (Å²) >= 11 is 0. The monoisotopic (exact) mass is 198 g/mol. The minimum atomic E-state index is 1.00. The van der Waals surface area contributed by atoms with Crippen LogP contribution in [0.4, 0.5) is 0 Å². The van der Waals surface area contributed by atoms with Crippen LogP contribution in [0.5, 0.6) is 0 Å². The maximum Gasteiger partial charge on any atom is 0.0466 e. The first-order valence-corrected chi connectivity index (χ1v) is 6.38. The zero-order valence-electron chi connectivity index (χ0n) is 9.93. The zero-order valence-corrected chi connectivity index (χ0v) is 9.93. The summed E-state index contributed by atoms with van der Waals surface area (Å²) in [6.45, 7) is 6.76. The molecule has 1 aliphatic carbocycles. The highest BCUT2D eigenvalue weighted by Gasteiger charge is 2.15. The molecule has 1 nitrogen and oxygen atoms in total. The Morgan fingerprint density at radius 1 is 0.714 bits per heavy atom. The fourth-order valence-electron chi connectivity index (χ4n) is 2.19. The van der Waals surface area contributed by atoms with Crippen molar-refractivity contribution in [3.05, 3.63) is 0 Å². The normalized spacial score (nSPS) is 33.0. The first-order chi connectivity index (χ1) is 6.80. The van der Waals surface area contributed by atoms with E-state index in [1.807, 2.05) is 0 Å². The molecule has 2 rings (SSSR count). The molecule has 84 valence electrons. The average Bonchev–Trinajstić information content (AvgIpc) is 2.26. The van der Waals surface area contributed by atoms with Crippen molar-refractivity contribution in [3.63, 3.8) is 0 Å². The number of ether oxygens (including phenoxy) is 1. The third kappa shape index (κ3) is 4.99. The molecule has 2 fully saturated rings. The molecule has 1 aliphatic heterocycles. The third-order valence-corrected chi connectivity index (χ3v) is 3.62. The van der Waals surface area contributed by atoms with Gasteiger partial charge in [-0.2, -0.15) is 0 Å². The lowest BCUT2D eigenvalue weighted by Gasteiger charge is -2.24. The standard InChI is InChI=1S/C8H16.C5H10O/c1-7-5-3-4-6-8(7)2;1-2-4-6-5-3-1/h7-8H,3-6H2,1-2H3;1-5H2. The third-order valence-electron chi connectivity index (χ3n) is 3.62. The van der Waals surface area contributed by atoms with Gasteiger partial charge in [0.2, 0.25) is 0 Å². The van der Waals surface area contributed by atoms with E-state index >= 15 is 0 Å². The predicted octanol–water partition coefficient (Wildman–Crippen LogP) is 4.02. The summed E-state index contributed by atoms with van der Waals surface area (Å²) in [6.07, 6.45) is 9.83. The summed E-state index contributed by atoms with van der Waals surface area (Å²) in [7, 11) is 0. The van der Waals surface area contributed by atoms with Gasteiger partial charge in [0, 0.05) is 13.2 Å². The highest BCUT2D eigenvalue weighted by atomic mass is 16.5. The van der Waals surface area contributed by atoms with Gasteiger partial charge in [-0.1, -0.05) is 39.5 Å². The molecular weight excluding hydrogens is 172 g/mol. The van der Waals surface area contributed by atoms with Crippen molar-refractivity contribution in [2.24, 2.45) is 11.8 Å². The van der Waals surface area contributed by atoms with Crippen LogP contribution in [-0.2, 0) is 4.74 Å². The molecule has 1 heteroatoms. The largest absolute Gasteiger partial charge is 0.381 e. The zero-order chi connectivity index (χ0) is 10.2. The summed E-state index contributed by atoms with van der Waals surface area (Å²) in [5, 5.41) is 0. The average molecular weight is 198 g/mol. The summed E-state index contributed by atoms with van der Waals surface area (Å²) in [5.41, 5.74) is 0. The molecule has 0 aromatic carbocycles. The van der Waals surface area contributed by atoms with Crippen molar-refractivity contribution < 1.29 is 4.74 Å². The van der Waals surface area contributed by atoms with Crippen molar-refractivity contribution in [2.45, 2.75) is 58.8 Å². The van der Waals surface area contributed by atoms with Crippen molar-refractivity contribution in [1.82, 2.24) is 0 Å². The van der Waals surface area contributed by atoms with E-state index in [2.05, 4.69) is 13.8 Å². The Hall–Kier alpha value is -0.0400. The molecule has 0 aromatic rings. The Kier molecular flexibility index (Phi) is 6.25. The minimum Gasteiger partial charge on any atom is -0.381 e. The SMILES string of the molecule is C1CCOCC1.CC1CCCCC1C. The fraction of sp³-hybridized carbons (Fsp3) is 1.00. The van der Waals surface area contributed by atoms with Crippen LogP contribution in [0.25, 0.3) is 0 Å². The predicted molar refractivity (Wildman–Crippen MR) is 61.5 cm³/mol. The lowest BCUT2D eigenvalue weighted by atomic mass is 9.82. The molecule has 2 aliphatic rings. The van der Waals surface area contributed by atoms with Crippen molar-refractivity contribution in [2.75, 3.05) is 13.2 Å². The smallest absolute Gasteiger partial charge is 0.0466 e. The van der Waals surface area contributed by atoms with Crippen LogP contribution < -0.4 is 0 Å². The van der Waals surface area contributed by atoms with Gasteiger partial charge in [0.05, 0.1) is 0 Å². The maximum absolute atomic E-state index is 5.07. The van der Waals surface area contributed by atoms with E-state index in [-0.39, 0.29) is 0 Å². The molecule has 14 heavy (non-hydrogen) atoms. The second kappa shape index (κ2) is 7.28. The van der Waals surface area contributed by atoms with Crippen molar-refractivity contribution >= 4 is 0 Å². The van der Waals surface area contributed by atoms with Gasteiger partial charge in [0.25, 0.3) is 0 Å². The summed E-state index contributed by atoms with van der Waals surface area (Å²) < 4.78 is 5.07. The van der Waals surface area contributed by atoms with E-state index in [0.717, 1.165) is 25.0 Å². The highest BCUT2D eigenvalue weighted by Crippen LogP contribution is 2.28. The Bertz CT molecular complexity index is 108. The van der Waals surface area contributed by atoms with Gasteiger partial charge in [-0.15, -0.1) is 0 Å². The van der Waals surface area contributed by atoms with Gasteiger partial charge in [0.1, 0.15) is 0 Å². The second-order valence-electron chi connectivity index (χ2n) is 4.91. The van der Waals surface area contributed by atoms with Crippen LogP contribution in [0.15, 0.2) is 0 Å². The Labute approximate surface area is 89.2 Å². The molecule has 0 N–H and O–H groups in total. The Balaban J connectivity index is 0.000000146. The first-order valence-electron chi connectivity index (χ1n) is 6.38. The van der Waals surface area contributed by atoms with Crippen molar-refractivity contribution in [3.8, 4) is 0 Å². The van der Waals surface area contributed by atoms with E-state index < -0.39 is 0 Å². The van der Waals surface area contributed by atoms with Gasteiger partial charge < -0.3 is 4.74 Å². The summed E-state index contributed by atoms with van der Waals surface area (Å²) in [6, 6.07) is 0. The molecule has 1 saturated carbocycles. The van der Waals surface area contributed by atoms with Crippen LogP contribution in [0.3, 0.4) is 0 Å². The second-order valence-corrected chi connectivity index (χ2v) is 4.91. The van der Waals surface area contributed by atoms with E-state index in [0.29, 0.717) is 0 Å². The quantitative estimate of drug-likeness (QED) is 0.571. The fourth-order valence-corrected chi connectivity index (χ4v) is 2.19. The molecule has 2 unspecified atom stereocenters. The number of hydrogen-bond donors (Lipinski definition) is 0. The first kappa shape index (κ1) is 12.0.